The van der Waals surface area contributed by atoms with Crippen LogP contribution in [-0.4, -0.2) is 32.7 Å². The first-order chi connectivity index (χ1) is 9.37. The maximum atomic E-state index is 11.9. The molecule has 0 saturated carbocycles. The van der Waals surface area contributed by atoms with Crippen molar-refractivity contribution in [1.29, 1.82) is 0 Å². The molecule has 0 atom stereocenters. The van der Waals surface area contributed by atoms with E-state index in [1.807, 2.05) is 0 Å². The number of nitrogens with one attached hydrogen (secondary N) is 1. The number of nitrogens with zero attached hydrogens (tertiary/aromatic N) is 1. The number of hydrogen-bond donors (Lipinski definition) is 1. The van der Waals surface area contributed by atoms with Crippen molar-refractivity contribution >= 4 is 27.3 Å². The van der Waals surface area contributed by atoms with Gasteiger partial charge in [0.25, 0.3) is 10.0 Å². The van der Waals surface area contributed by atoms with Gasteiger partial charge in [-0.2, -0.15) is 0 Å². The molecule has 1 heterocycles. The molecule has 20 heavy (non-hydrogen) atoms. The maximum absolute atomic E-state index is 11.9. The molecule has 1 aromatic heterocycles. The van der Waals surface area contributed by atoms with E-state index in [4.69, 9.17) is 0 Å². The molecule has 1 rings (SSSR count). The van der Waals surface area contributed by atoms with Crippen LogP contribution in [0.4, 0.5) is 0 Å². The molecule has 1 amide bonds. The van der Waals surface area contributed by atoms with Gasteiger partial charge in [-0.15, -0.1) is 11.3 Å². The van der Waals surface area contributed by atoms with E-state index < -0.39 is 10.0 Å². The lowest BCUT2D eigenvalue weighted by molar-refractivity contribution is -0.121. The van der Waals surface area contributed by atoms with Crippen LogP contribution in [-0.2, 0) is 21.4 Å². The Labute approximate surface area is 125 Å². The molecule has 0 aromatic carbocycles. The molecule has 0 saturated heterocycles. The van der Waals surface area contributed by atoms with E-state index in [0.29, 0.717) is 17.2 Å². The van der Waals surface area contributed by atoms with Crippen molar-refractivity contribution in [2.24, 2.45) is 0 Å². The van der Waals surface area contributed by atoms with Crippen LogP contribution in [0, 0.1) is 0 Å². The quantitative estimate of drug-likeness (QED) is 0.747. The van der Waals surface area contributed by atoms with Crippen LogP contribution in [0.5, 0.6) is 0 Å². The summed E-state index contributed by atoms with van der Waals surface area (Å²) in [7, 11) is -0.365. The lowest BCUT2D eigenvalue weighted by Crippen LogP contribution is -2.22. The monoisotopic (exact) mass is 318 g/mol. The zero-order valence-corrected chi connectivity index (χ0v) is 13.8. The molecule has 0 bridgehead atoms. The van der Waals surface area contributed by atoms with Crippen LogP contribution >= 0.6 is 11.3 Å². The summed E-state index contributed by atoms with van der Waals surface area (Å²) in [6.45, 7) is 2.48. The van der Waals surface area contributed by atoms with Crippen LogP contribution in [0.3, 0.4) is 0 Å². The molecule has 7 heteroatoms. The summed E-state index contributed by atoms with van der Waals surface area (Å²) in [5.41, 5.74) is 0. The number of carbonyl (C=O) groups excluding carboxylic acids is 1. The first-order valence-corrected chi connectivity index (χ1v) is 8.91. The lowest BCUT2D eigenvalue weighted by atomic mass is 10.2. The van der Waals surface area contributed by atoms with Crippen LogP contribution in [0.2, 0.25) is 0 Å². The minimum atomic E-state index is -3.37. The van der Waals surface area contributed by atoms with Crippen LogP contribution in [0.25, 0.3) is 0 Å². The smallest absolute Gasteiger partial charge is 0.252 e. The standard InChI is InChI=1S/C13H22N2O3S2/c1-4-5-6-7-12(16)14-10-11-8-9-13(19-11)20(17,18)15(2)3/h8-9H,4-7,10H2,1-3H3,(H,14,16). The maximum Gasteiger partial charge on any atom is 0.252 e. The number of rotatable bonds is 8. The van der Waals surface area contributed by atoms with Gasteiger partial charge in [0, 0.05) is 25.4 Å². The SMILES string of the molecule is CCCCCC(=O)NCc1ccc(S(=O)(=O)N(C)C)s1. The molecule has 1 N–H and O–H groups in total. The second kappa shape index (κ2) is 7.75. The second-order valence-electron chi connectivity index (χ2n) is 4.74. The zero-order chi connectivity index (χ0) is 15.2. The number of amides is 1. The van der Waals surface area contributed by atoms with E-state index in [-0.39, 0.29) is 5.91 Å². The molecule has 0 fully saturated rings. The number of unbranched alkanes of at least 4 members (excludes halogenated alkanes) is 2. The van der Waals surface area contributed by atoms with Gasteiger partial charge in [-0.05, 0) is 18.6 Å². The number of thiophene rings is 1. The highest BCUT2D eigenvalue weighted by molar-refractivity contribution is 7.91. The van der Waals surface area contributed by atoms with Crippen LogP contribution in [0.1, 0.15) is 37.5 Å². The summed E-state index contributed by atoms with van der Waals surface area (Å²) in [4.78, 5) is 12.4. The Morgan fingerprint density at radius 2 is 2.00 bits per heavy atom. The fourth-order valence-electron chi connectivity index (χ4n) is 1.58. The second-order valence-corrected chi connectivity index (χ2v) is 8.29. The molecular formula is C13H22N2O3S2. The summed E-state index contributed by atoms with van der Waals surface area (Å²) < 4.78 is 25.3. The van der Waals surface area contributed by atoms with Gasteiger partial charge in [0.2, 0.25) is 5.91 Å². The molecule has 0 unspecified atom stereocenters. The highest BCUT2D eigenvalue weighted by Crippen LogP contribution is 2.23. The topological polar surface area (TPSA) is 66.5 Å². The largest absolute Gasteiger partial charge is 0.351 e. The summed E-state index contributed by atoms with van der Waals surface area (Å²) in [6.07, 6.45) is 3.57. The van der Waals surface area contributed by atoms with E-state index in [9.17, 15) is 13.2 Å². The Morgan fingerprint density at radius 3 is 2.60 bits per heavy atom. The van der Waals surface area contributed by atoms with Crippen molar-refractivity contribution in [3.63, 3.8) is 0 Å². The Balaban J connectivity index is 2.51. The molecule has 0 spiro atoms. The number of hydrogen-bond acceptors (Lipinski definition) is 4. The average Bonchev–Trinajstić information content (AvgIpc) is 2.86. The Hall–Kier alpha value is -0.920. The first-order valence-electron chi connectivity index (χ1n) is 6.66. The summed E-state index contributed by atoms with van der Waals surface area (Å²) >= 11 is 1.19. The number of sulfonamides is 1. The average molecular weight is 318 g/mol. The van der Waals surface area contributed by atoms with Crippen molar-refractivity contribution in [2.45, 2.75) is 43.4 Å². The van der Waals surface area contributed by atoms with Crippen molar-refractivity contribution in [2.75, 3.05) is 14.1 Å². The third-order valence-electron chi connectivity index (χ3n) is 2.84. The normalized spacial score (nSPS) is 11.8. The highest BCUT2D eigenvalue weighted by Gasteiger charge is 2.19. The van der Waals surface area contributed by atoms with Gasteiger partial charge in [0.05, 0.1) is 6.54 Å². The first kappa shape index (κ1) is 17.1. The van der Waals surface area contributed by atoms with E-state index >= 15 is 0 Å². The van der Waals surface area contributed by atoms with E-state index in [2.05, 4.69) is 12.2 Å². The predicted octanol–water partition coefficient (Wildman–Crippen LogP) is 2.19. The zero-order valence-electron chi connectivity index (χ0n) is 12.2. The van der Waals surface area contributed by atoms with Crippen molar-refractivity contribution in [3.05, 3.63) is 17.0 Å². The Morgan fingerprint density at radius 1 is 1.30 bits per heavy atom. The fraction of sp³-hybridized carbons (Fsp3) is 0.615. The molecule has 5 nitrogen and oxygen atoms in total. The molecule has 114 valence electrons. The van der Waals surface area contributed by atoms with E-state index in [1.54, 1.807) is 12.1 Å². The van der Waals surface area contributed by atoms with Gasteiger partial charge < -0.3 is 5.32 Å². The summed E-state index contributed by atoms with van der Waals surface area (Å²) in [5, 5.41) is 2.81. The highest BCUT2D eigenvalue weighted by atomic mass is 32.2. The molecule has 1 aromatic rings. The minimum absolute atomic E-state index is 0.0175. The minimum Gasteiger partial charge on any atom is -0.351 e. The van der Waals surface area contributed by atoms with E-state index in [0.717, 1.165) is 24.1 Å². The number of carbonyl (C=O) groups is 1. The third kappa shape index (κ3) is 4.88. The van der Waals surface area contributed by atoms with Gasteiger partial charge in [-0.3, -0.25) is 4.79 Å². The van der Waals surface area contributed by atoms with Crippen molar-refractivity contribution in [3.8, 4) is 0 Å². The van der Waals surface area contributed by atoms with Crippen molar-refractivity contribution in [1.82, 2.24) is 9.62 Å². The third-order valence-corrected chi connectivity index (χ3v) is 6.21. The van der Waals surface area contributed by atoms with Gasteiger partial charge in [0.1, 0.15) is 4.21 Å². The van der Waals surface area contributed by atoms with Crippen molar-refractivity contribution < 1.29 is 13.2 Å². The molecule has 0 aliphatic carbocycles. The molecule has 0 aliphatic rings. The fourth-order valence-corrected chi connectivity index (χ4v) is 4.05. The summed E-state index contributed by atoms with van der Waals surface area (Å²) in [5.74, 6) is 0.0175. The van der Waals surface area contributed by atoms with Crippen LogP contribution in [0.15, 0.2) is 16.3 Å². The van der Waals surface area contributed by atoms with E-state index in [1.165, 1.54) is 29.7 Å². The Bertz CT molecular complexity index is 536. The van der Waals surface area contributed by atoms with Gasteiger partial charge in [0.15, 0.2) is 0 Å². The molecule has 0 aliphatic heterocycles. The summed E-state index contributed by atoms with van der Waals surface area (Å²) in [6, 6.07) is 3.33. The van der Waals surface area contributed by atoms with Gasteiger partial charge in [-0.25, -0.2) is 12.7 Å². The van der Waals surface area contributed by atoms with Gasteiger partial charge >= 0.3 is 0 Å². The lowest BCUT2D eigenvalue weighted by Gasteiger charge is -2.08. The Kier molecular flexibility index (Phi) is 6.64. The van der Waals surface area contributed by atoms with Crippen LogP contribution < -0.4 is 5.32 Å². The predicted molar refractivity (Wildman–Crippen MR) is 81.2 cm³/mol. The van der Waals surface area contributed by atoms with Gasteiger partial charge in [-0.1, -0.05) is 19.8 Å². The molecule has 0 radical (unpaired) electrons. The molecular weight excluding hydrogens is 296 g/mol.